The number of nitrogens with zero attached hydrogens (tertiary/aromatic N) is 1. The van der Waals surface area contributed by atoms with Crippen LogP contribution in [0.4, 0.5) is 5.69 Å². The molecule has 0 amide bonds. The van der Waals surface area contributed by atoms with Crippen LogP contribution >= 0.6 is 23.2 Å². The van der Waals surface area contributed by atoms with Crippen LogP contribution in [0.15, 0.2) is 66.7 Å². The van der Waals surface area contributed by atoms with Crippen molar-refractivity contribution >= 4 is 34.9 Å². The van der Waals surface area contributed by atoms with E-state index in [1.165, 1.54) is 30.3 Å². The molecular formula is C20H13Cl2NO5. The molecule has 8 heteroatoms. The minimum absolute atomic E-state index is 0.0352. The van der Waals surface area contributed by atoms with E-state index in [9.17, 15) is 14.9 Å². The number of benzene rings is 3. The summed E-state index contributed by atoms with van der Waals surface area (Å²) < 4.78 is 10.9. The Morgan fingerprint density at radius 1 is 0.929 bits per heavy atom. The van der Waals surface area contributed by atoms with E-state index in [4.69, 9.17) is 32.7 Å². The number of ether oxygens (including phenoxy) is 2. The van der Waals surface area contributed by atoms with Crippen LogP contribution in [0.3, 0.4) is 0 Å². The van der Waals surface area contributed by atoms with Crippen molar-refractivity contribution in [3.8, 4) is 11.5 Å². The van der Waals surface area contributed by atoms with Crippen molar-refractivity contribution in [1.29, 1.82) is 0 Å². The molecule has 6 nitrogen and oxygen atoms in total. The van der Waals surface area contributed by atoms with Gasteiger partial charge in [0, 0.05) is 12.1 Å². The summed E-state index contributed by atoms with van der Waals surface area (Å²) in [5.41, 5.74) is 0.979. The molecule has 28 heavy (non-hydrogen) atoms. The summed E-state index contributed by atoms with van der Waals surface area (Å²) >= 11 is 11.8. The number of carbonyl (C=O) groups is 1. The van der Waals surface area contributed by atoms with Gasteiger partial charge in [0.1, 0.15) is 18.1 Å². The smallest absolute Gasteiger partial charge is 0.338 e. The van der Waals surface area contributed by atoms with Gasteiger partial charge in [-0.25, -0.2) is 4.79 Å². The van der Waals surface area contributed by atoms with Crippen LogP contribution in [0.2, 0.25) is 10.0 Å². The molecule has 0 saturated heterocycles. The van der Waals surface area contributed by atoms with E-state index in [1.807, 2.05) is 0 Å². The fourth-order valence-corrected chi connectivity index (χ4v) is 2.64. The first-order valence-electron chi connectivity index (χ1n) is 8.06. The van der Waals surface area contributed by atoms with Gasteiger partial charge in [-0.15, -0.1) is 0 Å². The van der Waals surface area contributed by atoms with E-state index in [0.29, 0.717) is 32.7 Å². The Labute approximate surface area is 170 Å². The second kappa shape index (κ2) is 8.73. The topological polar surface area (TPSA) is 78.7 Å². The Morgan fingerprint density at radius 3 is 2.36 bits per heavy atom. The van der Waals surface area contributed by atoms with Gasteiger partial charge >= 0.3 is 5.97 Å². The number of halogens is 2. The normalized spacial score (nSPS) is 10.4. The predicted octanol–water partition coefficient (Wildman–Crippen LogP) is 6.05. The van der Waals surface area contributed by atoms with Gasteiger partial charge in [0.25, 0.3) is 5.69 Å². The average molecular weight is 418 g/mol. The van der Waals surface area contributed by atoms with Gasteiger partial charge < -0.3 is 9.47 Å². The zero-order chi connectivity index (χ0) is 20.1. The summed E-state index contributed by atoms with van der Waals surface area (Å²) in [6.45, 7) is 0.0448. The van der Waals surface area contributed by atoms with Gasteiger partial charge in [-0.3, -0.25) is 10.1 Å². The number of hydrogen-bond acceptors (Lipinski definition) is 5. The van der Waals surface area contributed by atoms with Gasteiger partial charge in [0.05, 0.1) is 20.5 Å². The third-order valence-electron chi connectivity index (χ3n) is 3.71. The van der Waals surface area contributed by atoms with Crippen molar-refractivity contribution in [2.24, 2.45) is 0 Å². The maximum Gasteiger partial charge on any atom is 0.338 e. The van der Waals surface area contributed by atoms with E-state index in [1.54, 1.807) is 36.4 Å². The summed E-state index contributed by atoms with van der Waals surface area (Å²) in [5.74, 6) is 0.282. The first kappa shape index (κ1) is 19.7. The number of hydrogen-bond donors (Lipinski definition) is 0. The molecule has 0 aromatic heterocycles. The van der Waals surface area contributed by atoms with Crippen molar-refractivity contribution < 1.29 is 19.2 Å². The van der Waals surface area contributed by atoms with Crippen molar-refractivity contribution in [3.05, 3.63) is 98.0 Å². The summed E-state index contributed by atoms with van der Waals surface area (Å²) in [7, 11) is 0. The van der Waals surface area contributed by atoms with Gasteiger partial charge in [-0.2, -0.15) is 0 Å². The molecule has 3 aromatic carbocycles. The maximum atomic E-state index is 12.3. The zero-order valence-corrected chi connectivity index (χ0v) is 15.8. The maximum absolute atomic E-state index is 12.3. The standard InChI is InChI=1S/C20H13Cl2NO5/c21-18-9-4-13(10-19(18)22)12-27-20(24)14-2-1-3-17(11-14)28-16-7-5-15(6-8-16)23(25)26/h1-11H,12H2. The molecule has 0 N–H and O–H groups in total. The number of nitro benzene ring substituents is 1. The molecule has 0 atom stereocenters. The molecule has 0 aliphatic heterocycles. The highest BCUT2D eigenvalue weighted by atomic mass is 35.5. The Hall–Kier alpha value is -3.09. The second-order valence-electron chi connectivity index (χ2n) is 5.71. The largest absolute Gasteiger partial charge is 0.457 e. The molecule has 0 unspecified atom stereocenters. The minimum Gasteiger partial charge on any atom is -0.457 e. The van der Waals surface area contributed by atoms with Crippen LogP contribution in [0.5, 0.6) is 11.5 Å². The summed E-state index contributed by atoms with van der Waals surface area (Å²) in [5, 5.41) is 11.5. The van der Waals surface area contributed by atoms with Gasteiger partial charge in [-0.1, -0.05) is 35.3 Å². The molecule has 0 aliphatic rings. The Kier molecular flexibility index (Phi) is 6.13. The molecule has 0 fully saturated rings. The predicted molar refractivity (Wildman–Crippen MR) is 105 cm³/mol. The molecule has 0 aliphatic carbocycles. The SMILES string of the molecule is O=C(OCc1ccc(Cl)c(Cl)c1)c1cccc(Oc2ccc([N+](=O)[O-])cc2)c1. The highest BCUT2D eigenvalue weighted by Crippen LogP contribution is 2.25. The summed E-state index contributed by atoms with van der Waals surface area (Å²) in [6, 6.07) is 17.1. The zero-order valence-electron chi connectivity index (χ0n) is 14.3. The lowest BCUT2D eigenvalue weighted by atomic mass is 10.2. The second-order valence-corrected chi connectivity index (χ2v) is 6.52. The minimum atomic E-state index is -0.528. The van der Waals surface area contributed by atoms with E-state index in [0.717, 1.165) is 0 Å². The van der Waals surface area contributed by atoms with Crippen molar-refractivity contribution in [2.75, 3.05) is 0 Å². The molecule has 142 valence electrons. The monoisotopic (exact) mass is 417 g/mol. The number of rotatable bonds is 6. The number of nitro groups is 1. The molecule has 0 heterocycles. The summed E-state index contributed by atoms with van der Waals surface area (Å²) in [4.78, 5) is 22.5. The highest BCUT2D eigenvalue weighted by molar-refractivity contribution is 6.42. The van der Waals surface area contributed by atoms with Crippen LogP contribution < -0.4 is 4.74 Å². The van der Waals surface area contributed by atoms with E-state index < -0.39 is 10.9 Å². The van der Waals surface area contributed by atoms with Gasteiger partial charge in [0.15, 0.2) is 0 Å². The van der Waals surface area contributed by atoms with Crippen LogP contribution in [0.1, 0.15) is 15.9 Å². The van der Waals surface area contributed by atoms with Crippen molar-refractivity contribution in [3.63, 3.8) is 0 Å². The van der Waals surface area contributed by atoms with Crippen molar-refractivity contribution in [1.82, 2.24) is 0 Å². The Bertz CT molecular complexity index is 1020. The number of non-ortho nitro benzene ring substituents is 1. The van der Waals surface area contributed by atoms with Crippen LogP contribution in [0, 0.1) is 10.1 Å². The fraction of sp³-hybridized carbons (Fsp3) is 0.0500. The molecule has 0 spiro atoms. The first-order valence-corrected chi connectivity index (χ1v) is 8.81. The number of esters is 1. The van der Waals surface area contributed by atoms with Crippen molar-refractivity contribution in [2.45, 2.75) is 6.61 Å². The van der Waals surface area contributed by atoms with Gasteiger partial charge in [-0.05, 0) is 48.0 Å². The lowest BCUT2D eigenvalue weighted by molar-refractivity contribution is -0.384. The fourth-order valence-electron chi connectivity index (χ4n) is 2.32. The molecule has 3 aromatic rings. The van der Waals surface area contributed by atoms with E-state index >= 15 is 0 Å². The molecule has 0 saturated carbocycles. The Balaban J connectivity index is 1.65. The average Bonchev–Trinajstić information content (AvgIpc) is 2.69. The molecule has 0 bridgehead atoms. The lowest BCUT2D eigenvalue weighted by Gasteiger charge is -2.09. The third-order valence-corrected chi connectivity index (χ3v) is 4.45. The van der Waals surface area contributed by atoms with Crippen LogP contribution in [-0.2, 0) is 11.3 Å². The molecular weight excluding hydrogens is 405 g/mol. The third kappa shape index (κ3) is 5.00. The lowest BCUT2D eigenvalue weighted by Crippen LogP contribution is -2.05. The Morgan fingerprint density at radius 2 is 1.68 bits per heavy atom. The molecule has 3 rings (SSSR count). The summed E-state index contributed by atoms with van der Waals surface area (Å²) in [6.07, 6.45) is 0. The highest BCUT2D eigenvalue weighted by Gasteiger charge is 2.11. The molecule has 0 radical (unpaired) electrons. The van der Waals surface area contributed by atoms with E-state index in [2.05, 4.69) is 0 Å². The first-order chi connectivity index (χ1) is 13.4. The van der Waals surface area contributed by atoms with E-state index in [-0.39, 0.29) is 12.3 Å². The quantitative estimate of drug-likeness (QED) is 0.277. The van der Waals surface area contributed by atoms with Crippen LogP contribution in [0.25, 0.3) is 0 Å². The number of carbonyl (C=O) groups excluding carboxylic acids is 1. The van der Waals surface area contributed by atoms with Gasteiger partial charge in [0.2, 0.25) is 0 Å². The van der Waals surface area contributed by atoms with Crippen LogP contribution in [-0.4, -0.2) is 10.9 Å².